The number of carbonyl (C=O) groups is 1. The molecule has 0 unspecified atom stereocenters. The third kappa shape index (κ3) is 3.29. The number of hydrogen-bond donors (Lipinski definition) is 3. The summed E-state index contributed by atoms with van der Waals surface area (Å²) in [7, 11) is 2.13. The molecule has 0 aromatic heterocycles. The van der Waals surface area contributed by atoms with Crippen LogP contribution in [-0.4, -0.2) is 40.7 Å². The van der Waals surface area contributed by atoms with E-state index in [0.717, 1.165) is 38.5 Å². The smallest absolute Gasteiger partial charge is 0.303 e. The van der Waals surface area contributed by atoms with Gasteiger partial charge >= 0.3 is 5.97 Å². The predicted molar refractivity (Wildman–Crippen MR) is 121 cm³/mol. The number of rotatable bonds is 5. The van der Waals surface area contributed by atoms with E-state index in [1.54, 1.807) is 0 Å². The molecule has 0 radical (unpaired) electrons. The third-order valence-corrected chi connectivity index (χ3v) is 11.0. The van der Waals surface area contributed by atoms with Crippen LogP contribution < -0.4 is 0 Å². The van der Waals surface area contributed by atoms with Crippen molar-refractivity contribution in [3.8, 4) is 0 Å². The summed E-state index contributed by atoms with van der Waals surface area (Å²) in [6.07, 6.45) is 10.5. The number of carboxylic acids is 1. The highest BCUT2D eigenvalue weighted by Crippen LogP contribution is 2.70. The topological polar surface area (TPSA) is 77.8 Å². The summed E-state index contributed by atoms with van der Waals surface area (Å²) < 4.78 is 0. The Hall–Kier alpha value is -0.545. The molecule has 0 heterocycles. The van der Waals surface area contributed by atoms with Crippen molar-refractivity contribution < 1.29 is 20.1 Å². The SMILES string of the molecule is B[C@]1(O)[C@@H]2[C@H](CC[C@]3(C)[C@@H](CCCC(=O)O)CC[C@@H]23)[C@@]2(C)CC[C@@H](O)C[C@H]2[C@H]1CC. The van der Waals surface area contributed by atoms with Crippen LogP contribution in [0, 0.1) is 46.3 Å². The van der Waals surface area contributed by atoms with Crippen LogP contribution in [0.25, 0.3) is 0 Å². The maximum Gasteiger partial charge on any atom is 0.303 e. The summed E-state index contributed by atoms with van der Waals surface area (Å²) >= 11 is 0. The molecule has 0 aromatic rings. The zero-order valence-electron chi connectivity index (χ0n) is 19.6. The number of carboxylic acid groups (broad SMARTS) is 1. The molecule has 170 valence electrons. The molecule has 0 saturated heterocycles. The first kappa shape index (κ1) is 22.6. The summed E-state index contributed by atoms with van der Waals surface area (Å²) in [5, 5.41) is 31.6. The lowest BCUT2D eigenvalue weighted by atomic mass is 9.35. The maximum absolute atomic E-state index is 12.1. The minimum absolute atomic E-state index is 0.205. The quantitative estimate of drug-likeness (QED) is 0.593. The first-order valence-electron chi connectivity index (χ1n) is 12.7. The highest BCUT2D eigenvalue weighted by molar-refractivity contribution is 6.15. The van der Waals surface area contributed by atoms with Crippen molar-refractivity contribution in [1.82, 2.24) is 0 Å². The van der Waals surface area contributed by atoms with Gasteiger partial charge in [0.05, 0.1) is 6.10 Å². The molecule has 4 fully saturated rings. The van der Waals surface area contributed by atoms with Crippen molar-refractivity contribution in [2.24, 2.45) is 46.3 Å². The summed E-state index contributed by atoms with van der Waals surface area (Å²) in [6.45, 7) is 7.18. The number of aliphatic hydroxyl groups is 2. The first-order valence-corrected chi connectivity index (χ1v) is 12.7. The zero-order valence-corrected chi connectivity index (χ0v) is 19.6. The Morgan fingerprint density at radius 3 is 2.37 bits per heavy atom. The highest BCUT2D eigenvalue weighted by Gasteiger charge is 2.67. The van der Waals surface area contributed by atoms with Crippen LogP contribution in [0.3, 0.4) is 0 Å². The molecule has 0 aromatic carbocycles. The van der Waals surface area contributed by atoms with Gasteiger partial charge in [0, 0.05) is 11.9 Å². The number of aliphatic hydroxyl groups excluding tert-OH is 1. The molecule has 5 heteroatoms. The first-order chi connectivity index (χ1) is 14.1. The Morgan fingerprint density at radius 1 is 1.03 bits per heavy atom. The van der Waals surface area contributed by atoms with Crippen molar-refractivity contribution in [3.63, 3.8) is 0 Å². The van der Waals surface area contributed by atoms with Crippen LogP contribution >= 0.6 is 0 Å². The van der Waals surface area contributed by atoms with E-state index in [1.807, 2.05) is 0 Å². The lowest BCUT2D eigenvalue weighted by Crippen LogP contribution is -2.68. The molecule has 4 aliphatic carbocycles. The van der Waals surface area contributed by atoms with E-state index in [1.165, 1.54) is 25.7 Å². The van der Waals surface area contributed by atoms with E-state index in [0.29, 0.717) is 29.6 Å². The van der Waals surface area contributed by atoms with Gasteiger partial charge in [-0.2, -0.15) is 0 Å². The van der Waals surface area contributed by atoms with Gasteiger partial charge in [-0.3, -0.25) is 4.79 Å². The van der Waals surface area contributed by atoms with Gasteiger partial charge in [0.2, 0.25) is 0 Å². The van der Waals surface area contributed by atoms with Gasteiger partial charge < -0.3 is 15.3 Å². The molecular formula is C25H43BO4. The van der Waals surface area contributed by atoms with Gasteiger partial charge in [0.15, 0.2) is 0 Å². The van der Waals surface area contributed by atoms with Gasteiger partial charge in [-0.05, 0) is 104 Å². The van der Waals surface area contributed by atoms with E-state index in [9.17, 15) is 15.0 Å². The lowest BCUT2D eigenvalue weighted by molar-refractivity contribution is -0.219. The fourth-order valence-corrected chi connectivity index (χ4v) is 9.56. The highest BCUT2D eigenvalue weighted by atomic mass is 16.4. The van der Waals surface area contributed by atoms with Crippen molar-refractivity contribution >= 4 is 13.8 Å². The predicted octanol–water partition coefficient (Wildman–Crippen LogP) is 3.83. The summed E-state index contributed by atoms with van der Waals surface area (Å²) in [4.78, 5) is 11.0. The fraction of sp³-hybridized carbons (Fsp3) is 0.960. The largest absolute Gasteiger partial charge is 0.481 e. The normalized spacial score (nSPS) is 52.9. The van der Waals surface area contributed by atoms with Crippen molar-refractivity contribution in [2.75, 3.05) is 0 Å². The second kappa shape index (κ2) is 7.80. The van der Waals surface area contributed by atoms with Gasteiger partial charge in [-0.15, -0.1) is 0 Å². The molecule has 3 N–H and O–H groups in total. The molecule has 4 aliphatic rings. The average Bonchev–Trinajstić information content (AvgIpc) is 2.99. The zero-order chi connectivity index (χ0) is 21.9. The van der Waals surface area contributed by atoms with Crippen LogP contribution in [0.15, 0.2) is 0 Å². The Labute approximate surface area is 183 Å². The second-order valence-corrected chi connectivity index (χ2v) is 12.1. The summed E-state index contributed by atoms with van der Waals surface area (Å²) in [5.41, 5.74) is -0.210. The molecule has 0 bridgehead atoms. The minimum atomic E-state index is -0.683. The van der Waals surface area contributed by atoms with Gasteiger partial charge in [-0.25, -0.2) is 0 Å². The number of hydrogen-bond acceptors (Lipinski definition) is 3. The Balaban J connectivity index is 1.64. The molecule has 4 nitrogen and oxygen atoms in total. The molecule has 0 aliphatic heterocycles. The van der Waals surface area contributed by atoms with Crippen LogP contribution in [0.5, 0.6) is 0 Å². The van der Waals surface area contributed by atoms with E-state index in [4.69, 9.17) is 5.11 Å². The lowest BCUT2D eigenvalue weighted by Gasteiger charge is -2.68. The van der Waals surface area contributed by atoms with Gasteiger partial charge in [-0.1, -0.05) is 27.2 Å². The standard InChI is InChI=1S/C25H43BO4/c1-4-17-20-14-16(27)10-12-24(20,3)19-11-13-23(2)15(6-5-7-21(28)29)8-9-18(23)22(19)25(17,26)30/h15-20,22,27,30H,4-14,26H2,1-3H3,(H,28,29)/t15-,16+,17+,18-,19-,20-,22-,23+,24+,25+/m0/s1. The van der Waals surface area contributed by atoms with Crippen molar-refractivity contribution in [3.05, 3.63) is 0 Å². The van der Waals surface area contributed by atoms with Crippen LogP contribution in [-0.2, 0) is 4.79 Å². The summed E-state index contributed by atoms with van der Waals surface area (Å²) in [6, 6.07) is 0. The average molecular weight is 418 g/mol. The van der Waals surface area contributed by atoms with Gasteiger partial charge in [0.1, 0.15) is 7.85 Å². The minimum Gasteiger partial charge on any atom is -0.481 e. The number of fused-ring (bicyclic) bond motifs is 5. The molecule has 30 heavy (non-hydrogen) atoms. The summed E-state index contributed by atoms with van der Waals surface area (Å²) in [5.74, 6) is 2.01. The van der Waals surface area contributed by atoms with Crippen molar-refractivity contribution in [2.45, 2.75) is 103 Å². The van der Waals surface area contributed by atoms with E-state index in [-0.39, 0.29) is 29.3 Å². The van der Waals surface area contributed by atoms with E-state index in [2.05, 4.69) is 28.6 Å². The van der Waals surface area contributed by atoms with Gasteiger partial charge in [0.25, 0.3) is 0 Å². The Morgan fingerprint density at radius 2 is 1.70 bits per heavy atom. The monoisotopic (exact) mass is 418 g/mol. The molecule has 4 rings (SSSR count). The molecule has 0 spiro atoms. The van der Waals surface area contributed by atoms with Crippen molar-refractivity contribution in [1.29, 1.82) is 0 Å². The molecule has 4 saturated carbocycles. The molecular weight excluding hydrogens is 375 g/mol. The van der Waals surface area contributed by atoms with E-state index >= 15 is 0 Å². The van der Waals surface area contributed by atoms with Crippen LogP contribution in [0.2, 0.25) is 0 Å². The fourth-order valence-electron chi connectivity index (χ4n) is 9.56. The second-order valence-electron chi connectivity index (χ2n) is 12.1. The Bertz CT molecular complexity index is 666. The Kier molecular flexibility index (Phi) is 5.88. The van der Waals surface area contributed by atoms with Crippen LogP contribution in [0.4, 0.5) is 0 Å². The number of aliphatic carboxylic acids is 1. The van der Waals surface area contributed by atoms with Crippen LogP contribution in [0.1, 0.15) is 91.4 Å². The molecule has 10 atom stereocenters. The maximum atomic E-state index is 12.1. The third-order valence-electron chi connectivity index (χ3n) is 11.0. The molecule has 0 amide bonds. The van der Waals surface area contributed by atoms with E-state index < -0.39 is 11.5 Å².